The summed E-state index contributed by atoms with van der Waals surface area (Å²) in [6.07, 6.45) is 1.63. The summed E-state index contributed by atoms with van der Waals surface area (Å²) in [5.41, 5.74) is 0.142. The molecule has 0 bridgehead atoms. The summed E-state index contributed by atoms with van der Waals surface area (Å²) >= 11 is 5.83. The van der Waals surface area contributed by atoms with Gasteiger partial charge in [-0.15, -0.1) is 0 Å². The number of carbonyl (C=O) groups excluding carboxylic acids is 1. The minimum Gasteiger partial charge on any atom is -0.383 e. The topological polar surface area (TPSA) is 98.5 Å². The summed E-state index contributed by atoms with van der Waals surface area (Å²) in [5, 5.41) is 7.97. The lowest BCUT2D eigenvalue weighted by Crippen LogP contribution is -2.38. The van der Waals surface area contributed by atoms with Gasteiger partial charge in [0, 0.05) is 17.7 Å². The van der Waals surface area contributed by atoms with Gasteiger partial charge in [0.2, 0.25) is 10.0 Å². The van der Waals surface area contributed by atoms with Crippen molar-refractivity contribution in [2.24, 2.45) is 5.14 Å². The molecule has 0 aliphatic rings. The van der Waals surface area contributed by atoms with Crippen LogP contribution in [0.25, 0.3) is 0 Å². The first-order chi connectivity index (χ1) is 9.77. The summed E-state index contributed by atoms with van der Waals surface area (Å²) in [6, 6.07) is 3.64. The number of hydrogen-bond donors (Lipinski definition) is 2. The van der Waals surface area contributed by atoms with E-state index in [2.05, 4.69) is 5.32 Å². The maximum Gasteiger partial charge on any atom is 0.251 e. The van der Waals surface area contributed by atoms with E-state index in [1.54, 1.807) is 7.11 Å². The van der Waals surface area contributed by atoms with Crippen LogP contribution in [0.15, 0.2) is 23.1 Å². The van der Waals surface area contributed by atoms with Crippen molar-refractivity contribution >= 4 is 27.5 Å². The van der Waals surface area contributed by atoms with Crippen molar-refractivity contribution in [3.63, 3.8) is 0 Å². The maximum absolute atomic E-state index is 12.2. The van der Waals surface area contributed by atoms with E-state index in [-0.39, 0.29) is 21.5 Å². The van der Waals surface area contributed by atoms with Crippen molar-refractivity contribution in [2.75, 3.05) is 13.7 Å². The summed E-state index contributed by atoms with van der Waals surface area (Å²) in [5.74, 6) is -0.419. The summed E-state index contributed by atoms with van der Waals surface area (Å²) in [6.45, 7) is 2.37. The van der Waals surface area contributed by atoms with Gasteiger partial charge in [-0.25, -0.2) is 13.6 Å². The number of methoxy groups -OCH3 is 1. The minimum absolute atomic E-state index is 0.130. The molecule has 1 aromatic carbocycles. The molecule has 3 N–H and O–H groups in total. The van der Waals surface area contributed by atoms with Crippen LogP contribution < -0.4 is 10.5 Å². The van der Waals surface area contributed by atoms with Crippen LogP contribution in [-0.4, -0.2) is 34.1 Å². The Kier molecular flexibility index (Phi) is 6.60. The molecule has 1 amide bonds. The molecule has 118 valence electrons. The van der Waals surface area contributed by atoms with Crippen molar-refractivity contribution in [2.45, 2.75) is 30.7 Å². The average molecular weight is 335 g/mol. The number of ether oxygens (including phenoxy) is 1. The number of benzene rings is 1. The molecule has 0 aromatic heterocycles. The second-order valence-corrected chi connectivity index (χ2v) is 6.63. The standard InChI is InChI=1S/C13H19ClN2O4S/c1-3-4-11(8-20-2)16-13(17)9-5-10(14)7-12(6-9)21(15,18)19/h5-7,11H,3-4,8H2,1-2H3,(H,16,17)(H2,15,18,19). The van der Waals surface area contributed by atoms with E-state index in [9.17, 15) is 13.2 Å². The number of amides is 1. The highest BCUT2D eigenvalue weighted by Crippen LogP contribution is 2.18. The van der Waals surface area contributed by atoms with Gasteiger partial charge in [-0.3, -0.25) is 4.79 Å². The van der Waals surface area contributed by atoms with Gasteiger partial charge < -0.3 is 10.1 Å². The smallest absolute Gasteiger partial charge is 0.251 e. The molecule has 0 radical (unpaired) electrons. The van der Waals surface area contributed by atoms with Gasteiger partial charge >= 0.3 is 0 Å². The van der Waals surface area contributed by atoms with E-state index in [1.807, 2.05) is 6.92 Å². The van der Waals surface area contributed by atoms with Crippen LogP contribution in [0.5, 0.6) is 0 Å². The van der Waals surface area contributed by atoms with Gasteiger partial charge in [0.25, 0.3) is 5.91 Å². The molecule has 21 heavy (non-hydrogen) atoms. The molecule has 0 aliphatic carbocycles. The van der Waals surface area contributed by atoms with Crippen molar-refractivity contribution in [1.82, 2.24) is 5.32 Å². The number of primary sulfonamides is 1. The highest BCUT2D eigenvalue weighted by molar-refractivity contribution is 7.89. The van der Waals surface area contributed by atoms with E-state index in [1.165, 1.54) is 18.2 Å². The van der Waals surface area contributed by atoms with E-state index < -0.39 is 15.9 Å². The fourth-order valence-electron chi connectivity index (χ4n) is 1.87. The number of halogens is 1. The maximum atomic E-state index is 12.2. The first-order valence-electron chi connectivity index (χ1n) is 6.41. The lowest BCUT2D eigenvalue weighted by Gasteiger charge is -2.17. The predicted molar refractivity (Wildman–Crippen MR) is 80.9 cm³/mol. The van der Waals surface area contributed by atoms with Gasteiger partial charge in [-0.1, -0.05) is 24.9 Å². The largest absolute Gasteiger partial charge is 0.383 e. The Labute approximate surface area is 129 Å². The molecule has 0 spiro atoms. The number of sulfonamides is 1. The van der Waals surface area contributed by atoms with E-state index in [0.29, 0.717) is 6.61 Å². The Morgan fingerprint density at radius 1 is 1.43 bits per heavy atom. The molecule has 1 unspecified atom stereocenters. The van der Waals surface area contributed by atoms with Crippen LogP contribution in [0.2, 0.25) is 5.02 Å². The number of carbonyl (C=O) groups is 1. The molecule has 0 saturated heterocycles. The van der Waals surface area contributed by atoms with Crippen molar-refractivity contribution in [1.29, 1.82) is 0 Å². The molecule has 0 fully saturated rings. The average Bonchev–Trinajstić information content (AvgIpc) is 2.37. The lowest BCUT2D eigenvalue weighted by atomic mass is 10.1. The fraction of sp³-hybridized carbons (Fsp3) is 0.462. The molecule has 6 nitrogen and oxygen atoms in total. The Hall–Kier alpha value is -1.15. The first kappa shape index (κ1) is 17.9. The zero-order chi connectivity index (χ0) is 16.0. The highest BCUT2D eigenvalue weighted by Gasteiger charge is 2.17. The molecule has 8 heteroatoms. The summed E-state index contributed by atoms with van der Waals surface area (Å²) in [7, 11) is -2.37. The Morgan fingerprint density at radius 2 is 2.10 bits per heavy atom. The normalized spacial score (nSPS) is 13.0. The quantitative estimate of drug-likeness (QED) is 0.790. The Bertz CT molecular complexity index is 598. The van der Waals surface area contributed by atoms with Crippen LogP contribution in [0.1, 0.15) is 30.1 Å². The Morgan fingerprint density at radius 3 is 2.62 bits per heavy atom. The Balaban J connectivity index is 2.99. The molecular formula is C13H19ClN2O4S. The number of nitrogens with one attached hydrogen (secondary N) is 1. The molecule has 1 rings (SSSR count). The zero-order valence-electron chi connectivity index (χ0n) is 11.9. The lowest BCUT2D eigenvalue weighted by molar-refractivity contribution is 0.0891. The third-order valence-corrected chi connectivity index (χ3v) is 3.91. The van der Waals surface area contributed by atoms with Crippen LogP contribution >= 0.6 is 11.6 Å². The van der Waals surface area contributed by atoms with Crippen LogP contribution in [0.4, 0.5) is 0 Å². The third-order valence-electron chi connectivity index (χ3n) is 2.80. The van der Waals surface area contributed by atoms with Crippen molar-refractivity contribution < 1.29 is 17.9 Å². The van der Waals surface area contributed by atoms with E-state index in [0.717, 1.165) is 12.8 Å². The van der Waals surface area contributed by atoms with Crippen LogP contribution in [0.3, 0.4) is 0 Å². The SMILES string of the molecule is CCCC(COC)NC(=O)c1cc(Cl)cc(S(N)(=O)=O)c1. The van der Waals surface area contributed by atoms with Gasteiger partial charge in [-0.05, 0) is 24.6 Å². The zero-order valence-corrected chi connectivity index (χ0v) is 13.5. The highest BCUT2D eigenvalue weighted by atomic mass is 35.5. The summed E-state index contributed by atoms with van der Waals surface area (Å²) < 4.78 is 27.7. The number of rotatable bonds is 7. The van der Waals surface area contributed by atoms with Gasteiger partial charge in [0.1, 0.15) is 0 Å². The third kappa shape index (κ3) is 5.62. The molecule has 0 aliphatic heterocycles. The monoisotopic (exact) mass is 334 g/mol. The predicted octanol–water partition coefficient (Wildman–Crippen LogP) is 1.53. The van der Waals surface area contributed by atoms with Gasteiger partial charge in [0.05, 0.1) is 17.5 Å². The van der Waals surface area contributed by atoms with E-state index >= 15 is 0 Å². The summed E-state index contributed by atoms with van der Waals surface area (Å²) in [4.78, 5) is 12.0. The molecule has 1 aromatic rings. The number of nitrogens with two attached hydrogens (primary N) is 1. The first-order valence-corrected chi connectivity index (χ1v) is 8.33. The molecule has 0 saturated carbocycles. The number of hydrogen-bond acceptors (Lipinski definition) is 4. The van der Waals surface area contributed by atoms with Gasteiger partial charge in [0.15, 0.2) is 0 Å². The molecule has 1 atom stereocenters. The molecule has 0 heterocycles. The van der Waals surface area contributed by atoms with E-state index in [4.69, 9.17) is 21.5 Å². The van der Waals surface area contributed by atoms with Crippen LogP contribution in [0, 0.1) is 0 Å². The second kappa shape index (κ2) is 7.74. The van der Waals surface area contributed by atoms with Gasteiger partial charge in [-0.2, -0.15) is 0 Å². The minimum atomic E-state index is -3.92. The molecular weight excluding hydrogens is 316 g/mol. The van der Waals surface area contributed by atoms with Crippen LogP contribution in [-0.2, 0) is 14.8 Å². The van der Waals surface area contributed by atoms with Crippen molar-refractivity contribution in [3.8, 4) is 0 Å². The van der Waals surface area contributed by atoms with Crippen molar-refractivity contribution in [3.05, 3.63) is 28.8 Å². The fourth-order valence-corrected chi connectivity index (χ4v) is 2.76. The second-order valence-electron chi connectivity index (χ2n) is 4.64.